The molecule has 0 saturated carbocycles. The molecule has 100 valence electrons. The van der Waals surface area contributed by atoms with Crippen molar-refractivity contribution in [1.82, 2.24) is 5.32 Å². The van der Waals surface area contributed by atoms with Crippen molar-refractivity contribution in [3.05, 3.63) is 29.3 Å². The number of alkyl halides is 2. The number of benzene rings is 1. The fraction of sp³-hybridized carbons (Fsp3) is 0.300. The zero-order valence-electron chi connectivity index (χ0n) is 9.28. The maximum Gasteiger partial charge on any atom is 0.261 e. The molecule has 0 aliphatic rings. The zero-order valence-corrected chi connectivity index (χ0v) is 10.9. The molecule has 0 aromatic heterocycles. The van der Waals surface area contributed by atoms with Crippen molar-refractivity contribution < 1.29 is 22.0 Å². The van der Waals surface area contributed by atoms with E-state index in [4.69, 9.17) is 10.7 Å². The first-order chi connectivity index (χ1) is 8.21. The van der Waals surface area contributed by atoms with E-state index in [1.807, 2.05) is 5.32 Å². The van der Waals surface area contributed by atoms with Crippen molar-refractivity contribution in [3.8, 4) is 0 Å². The highest BCUT2D eigenvalue weighted by atomic mass is 35.7. The van der Waals surface area contributed by atoms with Gasteiger partial charge in [-0.1, -0.05) is 0 Å². The van der Waals surface area contributed by atoms with Gasteiger partial charge >= 0.3 is 0 Å². The largest absolute Gasteiger partial charge is 0.346 e. The lowest BCUT2D eigenvalue weighted by Crippen LogP contribution is -2.29. The number of nitrogens with one attached hydrogen (secondary N) is 1. The summed E-state index contributed by atoms with van der Waals surface area (Å²) < 4.78 is 45.9. The predicted molar refractivity (Wildman–Crippen MR) is 62.6 cm³/mol. The number of carbonyl (C=O) groups is 1. The first kappa shape index (κ1) is 14.8. The van der Waals surface area contributed by atoms with Gasteiger partial charge in [-0.05, 0) is 30.7 Å². The summed E-state index contributed by atoms with van der Waals surface area (Å²) in [6.45, 7) is 0.733. The Hall–Kier alpha value is -1.21. The molecule has 0 radical (unpaired) electrons. The monoisotopic (exact) mass is 297 g/mol. The van der Waals surface area contributed by atoms with Crippen molar-refractivity contribution in [2.75, 3.05) is 6.54 Å². The summed E-state index contributed by atoms with van der Waals surface area (Å²) in [5.74, 6) is -0.689. The number of aryl methyl sites for hydroxylation is 1. The molecule has 1 aromatic carbocycles. The molecule has 4 nitrogen and oxygen atoms in total. The van der Waals surface area contributed by atoms with Crippen LogP contribution in [-0.4, -0.2) is 27.3 Å². The number of hydrogen-bond donors (Lipinski definition) is 1. The fourth-order valence-corrected chi connectivity index (χ4v) is 2.14. The second-order valence-electron chi connectivity index (χ2n) is 3.52. The van der Waals surface area contributed by atoms with E-state index in [2.05, 4.69) is 0 Å². The Bertz CT molecular complexity index is 560. The van der Waals surface area contributed by atoms with Gasteiger partial charge in [0, 0.05) is 16.2 Å². The number of hydrogen-bond acceptors (Lipinski definition) is 3. The topological polar surface area (TPSA) is 63.2 Å². The van der Waals surface area contributed by atoms with E-state index in [9.17, 15) is 22.0 Å². The quantitative estimate of drug-likeness (QED) is 0.864. The maximum absolute atomic E-state index is 11.9. The van der Waals surface area contributed by atoms with Crippen molar-refractivity contribution in [3.63, 3.8) is 0 Å². The van der Waals surface area contributed by atoms with Crippen LogP contribution < -0.4 is 5.32 Å². The van der Waals surface area contributed by atoms with Crippen LogP contribution in [0.2, 0.25) is 0 Å². The Morgan fingerprint density at radius 1 is 1.44 bits per heavy atom. The summed E-state index contributed by atoms with van der Waals surface area (Å²) in [7, 11) is 1.26. The predicted octanol–water partition coefficient (Wildman–Crippen LogP) is 1.92. The van der Waals surface area contributed by atoms with Gasteiger partial charge in [0.2, 0.25) is 0 Å². The molecule has 8 heteroatoms. The molecule has 0 fully saturated rings. The van der Waals surface area contributed by atoms with Crippen LogP contribution in [0.3, 0.4) is 0 Å². The van der Waals surface area contributed by atoms with Crippen molar-refractivity contribution in [2.45, 2.75) is 18.2 Å². The van der Waals surface area contributed by atoms with Gasteiger partial charge in [-0.3, -0.25) is 4.79 Å². The average Bonchev–Trinajstić information content (AvgIpc) is 2.24. The van der Waals surface area contributed by atoms with Crippen LogP contribution in [0, 0.1) is 6.92 Å². The van der Waals surface area contributed by atoms with Gasteiger partial charge in [-0.15, -0.1) is 0 Å². The van der Waals surface area contributed by atoms with E-state index in [1.165, 1.54) is 19.1 Å². The molecule has 0 aliphatic heterocycles. The molecule has 0 unspecified atom stereocenters. The van der Waals surface area contributed by atoms with Gasteiger partial charge in [-0.2, -0.15) is 0 Å². The number of halogens is 3. The highest BCUT2D eigenvalue weighted by Crippen LogP contribution is 2.18. The summed E-state index contributed by atoms with van der Waals surface area (Å²) >= 11 is 0. The molecule has 0 atom stereocenters. The molecule has 1 rings (SSSR count). The summed E-state index contributed by atoms with van der Waals surface area (Å²) in [6, 6.07) is 3.58. The Morgan fingerprint density at radius 2 is 2.06 bits per heavy atom. The Labute approximate surface area is 107 Å². The highest BCUT2D eigenvalue weighted by molar-refractivity contribution is 8.13. The minimum atomic E-state index is -3.87. The second-order valence-corrected chi connectivity index (χ2v) is 6.08. The van der Waals surface area contributed by atoms with E-state index >= 15 is 0 Å². The molecule has 0 aliphatic carbocycles. The van der Waals surface area contributed by atoms with Crippen LogP contribution in [-0.2, 0) is 9.05 Å². The van der Waals surface area contributed by atoms with Gasteiger partial charge < -0.3 is 5.32 Å². The second kappa shape index (κ2) is 5.62. The van der Waals surface area contributed by atoms with E-state index < -0.39 is 27.9 Å². The van der Waals surface area contributed by atoms with Gasteiger partial charge in [0.1, 0.15) is 0 Å². The maximum atomic E-state index is 11.9. The van der Waals surface area contributed by atoms with Crippen LogP contribution in [0.1, 0.15) is 15.9 Å². The first-order valence-electron chi connectivity index (χ1n) is 4.83. The highest BCUT2D eigenvalue weighted by Gasteiger charge is 2.15. The normalized spacial score (nSPS) is 11.6. The minimum Gasteiger partial charge on any atom is -0.346 e. The van der Waals surface area contributed by atoms with Crippen molar-refractivity contribution in [1.29, 1.82) is 0 Å². The van der Waals surface area contributed by atoms with Crippen molar-refractivity contribution in [2.24, 2.45) is 0 Å². The van der Waals surface area contributed by atoms with E-state index in [1.54, 1.807) is 0 Å². The third-order valence-corrected chi connectivity index (χ3v) is 3.49. The Balaban J connectivity index is 2.96. The molecule has 1 amide bonds. The molecule has 0 bridgehead atoms. The van der Waals surface area contributed by atoms with Gasteiger partial charge in [0.15, 0.2) is 0 Å². The zero-order chi connectivity index (χ0) is 13.9. The van der Waals surface area contributed by atoms with Gasteiger partial charge in [0.25, 0.3) is 21.4 Å². The lowest BCUT2D eigenvalue weighted by molar-refractivity contribution is 0.0891. The summed E-state index contributed by atoms with van der Waals surface area (Å²) in [5, 5.41) is 2.03. The molecule has 18 heavy (non-hydrogen) atoms. The lowest BCUT2D eigenvalue weighted by Gasteiger charge is -2.08. The molecule has 1 N–H and O–H groups in total. The Kier molecular flexibility index (Phi) is 4.64. The van der Waals surface area contributed by atoms with Crippen LogP contribution >= 0.6 is 10.7 Å². The molecule has 0 spiro atoms. The summed E-state index contributed by atoms with van der Waals surface area (Å²) in [4.78, 5) is 11.4. The van der Waals surface area contributed by atoms with Gasteiger partial charge in [0.05, 0.1) is 11.4 Å². The van der Waals surface area contributed by atoms with Crippen molar-refractivity contribution >= 4 is 25.6 Å². The number of rotatable bonds is 4. The van der Waals surface area contributed by atoms with Crippen LogP contribution in [0.5, 0.6) is 0 Å². The van der Waals surface area contributed by atoms with Crippen LogP contribution in [0.15, 0.2) is 23.1 Å². The smallest absolute Gasteiger partial charge is 0.261 e. The average molecular weight is 298 g/mol. The standard InChI is InChI=1S/C10H10ClF2NO3S/c1-6-4-7(18(11,16)17)2-3-8(6)10(15)14-5-9(12)13/h2-4,9H,5H2,1H3,(H,14,15). The Morgan fingerprint density at radius 3 is 2.50 bits per heavy atom. The third kappa shape index (κ3) is 3.92. The minimum absolute atomic E-state index is 0.125. The summed E-state index contributed by atoms with van der Waals surface area (Å²) in [5.41, 5.74) is 0.461. The fourth-order valence-electron chi connectivity index (χ4n) is 1.31. The summed E-state index contributed by atoms with van der Waals surface area (Å²) in [6.07, 6.45) is -2.64. The van der Waals surface area contributed by atoms with Crippen LogP contribution in [0.4, 0.5) is 8.78 Å². The van der Waals surface area contributed by atoms with Gasteiger partial charge in [-0.25, -0.2) is 17.2 Å². The molecule has 0 heterocycles. The van der Waals surface area contributed by atoms with E-state index in [-0.39, 0.29) is 10.5 Å². The molecular formula is C10H10ClF2NO3S. The lowest BCUT2D eigenvalue weighted by atomic mass is 10.1. The van der Waals surface area contributed by atoms with E-state index in [0.29, 0.717) is 5.56 Å². The third-order valence-electron chi connectivity index (χ3n) is 2.14. The molecule has 1 aromatic rings. The number of amides is 1. The first-order valence-corrected chi connectivity index (χ1v) is 7.14. The number of carbonyl (C=O) groups excluding carboxylic acids is 1. The van der Waals surface area contributed by atoms with E-state index in [0.717, 1.165) is 6.07 Å². The molecular weight excluding hydrogens is 288 g/mol. The molecule has 0 saturated heterocycles. The SMILES string of the molecule is Cc1cc(S(=O)(=O)Cl)ccc1C(=O)NCC(F)F. The van der Waals surface area contributed by atoms with Crippen LogP contribution in [0.25, 0.3) is 0 Å².